The second-order valence-corrected chi connectivity index (χ2v) is 13.9. The van der Waals surface area contributed by atoms with E-state index in [1.54, 1.807) is 20.2 Å². The Labute approximate surface area is 134 Å². The van der Waals surface area contributed by atoms with Crippen LogP contribution in [0.2, 0.25) is 13.3 Å². The van der Waals surface area contributed by atoms with E-state index in [1.807, 2.05) is 0 Å². The first-order valence-corrected chi connectivity index (χ1v) is 14.2. The summed E-state index contributed by atoms with van der Waals surface area (Å²) < 4.78 is 9.31. The molecule has 0 fully saturated rings. The molecule has 0 atom stereocenters. The van der Waals surface area contributed by atoms with Crippen molar-refractivity contribution in [2.45, 2.75) is 79.5 Å². The van der Waals surface area contributed by atoms with E-state index >= 15 is 0 Å². The van der Waals surface area contributed by atoms with E-state index in [9.17, 15) is 4.79 Å². The van der Waals surface area contributed by atoms with Crippen LogP contribution in [-0.2, 0) is 9.53 Å². The summed E-state index contributed by atoms with van der Waals surface area (Å²) in [5, 5.41) is 0. The van der Waals surface area contributed by atoms with Crippen molar-refractivity contribution in [3.8, 4) is 0 Å². The van der Waals surface area contributed by atoms with Gasteiger partial charge in [0.1, 0.15) is 0 Å². The van der Waals surface area contributed by atoms with Crippen molar-refractivity contribution in [1.82, 2.24) is 0 Å². The Morgan fingerprint density at radius 2 is 1.30 bits per heavy atom. The van der Waals surface area contributed by atoms with E-state index < -0.39 is 19.8 Å². The molecule has 0 bridgehead atoms. The molecule has 119 valence electrons. The van der Waals surface area contributed by atoms with Crippen LogP contribution < -0.4 is 0 Å². The first-order chi connectivity index (χ1) is 9.53. The molecule has 0 aliphatic rings. The molecule has 0 N–H and O–H groups in total. The second-order valence-electron chi connectivity index (χ2n) is 5.33. The topological polar surface area (TPSA) is 26.3 Å². The molecule has 0 aromatic heterocycles. The van der Waals surface area contributed by atoms with Gasteiger partial charge in [-0.3, -0.25) is 0 Å². The van der Waals surface area contributed by atoms with Crippen molar-refractivity contribution >= 4 is 25.7 Å². The van der Waals surface area contributed by atoms with Gasteiger partial charge in [-0.1, -0.05) is 6.58 Å². The molecule has 20 heavy (non-hydrogen) atoms. The molecule has 0 unspecified atom stereocenters. The third kappa shape index (κ3) is 16.1. The van der Waals surface area contributed by atoms with Gasteiger partial charge in [-0.15, -0.1) is 0 Å². The van der Waals surface area contributed by atoms with Crippen LogP contribution in [0.25, 0.3) is 0 Å². The average molecular weight is 390 g/mol. The summed E-state index contributed by atoms with van der Waals surface area (Å²) in [6, 6.07) is 0. The first kappa shape index (κ1) is 22.3. The zero-order chi connectivity index (χ0) is 15.8. The molecule has 1 radical (unpaired) electrons. The number of unbranched alkanes of at least 4 members (excludes halogenated alkanes) is 3. The van der Waals surface area contributed by atoms with Gasteiger partial charge in [0.05, 0.1) is 7.11 Å². The predicted molar refractivity (Wildman–Crippen MR) is 91.7 cm³/mol. The molecule has 0 saturated carbocycles. The van der Waals surface area contributed by atoms with Crippen LogP contribution in [0.3, 0.4) is 0 Å². The van der Waals surface area contributed by atoms with Gasteiger partial charge in [0.25, 0.3) is 0 Å². The summed E-state index contributed by atoms with van der Waals surface area (Å²) in [4.78, 5) is 10.2. The van der Waals surface area contributed by atoms with Gasteiger partial charge in [0, 0.05) is 5.57 Å². The number of esters is 1. The zero-order valence-corrected chi connectivity index (χ0v) is 17.2. The van der Waals surface area contributed by atoms with E-state index in [-0.39, 0.29) is 5.97 Å². The van der Waals surface area contributed by atoms with Crippen molar-refractivity contribution < 1.29 is 9.53 Å². The Morgan fingerprint density at radius 3 is 1.45 bits per heavy atom. The van der Waals surface area contributed by atoms with Gasteiger partial charge >= 0.3 is 98.3 Å². The van der Waals surface area contributed by atoms with Gasteiger partial charge in [-0.2, -0.15) is 0 Å². The van der Waals surface area contributed by atoms with Crippen molar-refractivity contribution in [1.29, 1.82) is 0 Å². The monoisotopic (exact) mass is 391 g/mol. The Kier molecular flexibility index (Phi) is 19.0. The molecule has 0 aromatic carbocycles. The number of ether oxygens (including phenoxy) is 1. The normalized spacial score (nSPS) is 9.90. The molecule has 0 saturated heterocycles. The number of carbonyl (C=O) groups excluding carboxylic acids is 1. The van der Waals surface area contributed by atoms with Crippen LogP contribution in [0.4, 0.5) is 0 Å². The van der Waals surface area contributed by atoms with Crippen molar-refractivity contribution in [2.24, 2.45) is 0 Å². The number of methoxy groups -OCH3 is 1. The number of carbonyl (C=O) groups is 1. The Morgan fingerprint density at radius 1 is 0.950 bits per heavy atom. The summed E-state index contributed by atoms with van der Waals surface area (Å²) in [5.41, 5.74) is 0.433. The quantitative estimate of drug-likeness (QED) is 0.275. The molecule has 0 amide bonds. The molecule has 0 rings (SSSR count). The van der Waals surface area contributed by atoms with Crippen molar-refractivity contribution in [3.63, 3.8) is 0 Å². The molecule has 2 nitrogen and oxygen atoms in total. The first-order valence-electron chi connectivity index (χ1n) is 8.10. The van der Waals surface area contributed by atoms with Crippen LogP contribution in [0.1, 0.15) is 66.2 Å². The van der Waals surface area contributed by atoms with Gasteiger partial charge in [-0.25, -0.2) is 4.79 Å². The predicted octanol–water partition coefficient (Wildman–Crippen LogP) is 5.62. The van der Waals surface area contributed by atoms with E-state index in [2.05, 4.69) is 32.1 Å². The fraction of sp³-hybridized carbons (Fsp3) is 0.824. The molecular weight excluding hydrogens is 355 g/mol. The van der Waals surface area contributed by atoms with Gasteiger partial charge in [0.15, 0.2) is 0 Å². The molecule has 0 aliphatic heterocycles. The van der Waals surface area contributed by atoms with Crippen LogP contribution in [0.15, 0.2) is 12.2 Å². The fourth-order valence-electron chi connectivity index (χ4n) is 1.83. The third-order valence-corrected chi connectivity index (χ3v) is 12.3. The molecule has 0 spiro atoms. The summed E-state index contributed by atoms with van der Waals surface area (Å²) >= 11 is -0.839. The Balaban J connectivity index is 0. The van der Waals surface area contributed by atoms with Crippen molar-refractivity contribution in [2.75, 3.05) is 7.11 Å². The van der Waals surface area contributed by atoms with E-state index in [0.29, 0.717) is 5.57 Å². The third-order valence-electron chi connectivity index (χ3n) is 3.19. The number of hydrogen-bond acceptors (Lipinski definition) is 2. The minimum absolute atomic E-state index is 0.347. The Hall–Kier alpha value is 0.00870. The van der Waals surface area contributed by atoms with Crippen LogP contribution in [-0.4, -0.2) is 32.8 Å². The van der Waals surface area contributed by atoms with Gasteiger partial charge < -0.3 is 4.74 Å². The van der Waals surface area contributed by atoms with Crippen LogP contribution in [0, 0.1) is 0 Å². The summed E-state index contributed by atoms with van der Waals surface area (Å²) in [6.07, 6.45) is 8.85. The number of hydrogen-bond donors (Lipinski definition) is 0. The molecule has 0 aliphatic carbocycles. The van der Waals surface area contributed by atoms with E-state index in [1.165, 1.54) is 45.6 Å². The zero-order valence-electron chi connectivity index (χ0n) is 14.4. The summed E-state index contributed by atoms with van der Waals surface area (Å²) in [7, 11) is 1.33. The molecule has 0 heterocycles. The van der Waals surface area contributed by atoms with Gasteiger partial charge in [0.2, 0.25) is 0 Å². The van der Waals surface area contributed by atoms with E-state index in [4.69, 9.17) is 0 Å². The SMILES string of the molecule is C=C(C)C(=O)OC.CCC[CH2][Sn]([CH2]CCC)[CH2]CCC. The standard InChI is InChI=1S/C5H8O2.3C4H9.Sn/c1-4(2)5(6)7-3;3*1-3-4-2;/h1H2,2-3H3;3*1,3-4H2,2H3;. The number of rotatable bonds is 10. The molecule has 0 aromatic rings. The van der Waals surface area contributed by atoms with E-state index in [0.717, 1.165) is 0 Å². The van der Waals surface area contributed by atoms with Gasteiger partial charge in [-0.05, 0) is 6.92 Å². The summed E-state index contributed by atoms with van der Waals surface area (Å²) in [6.45, 7) is 12.0. The van der Waals surface area contributed by atoms with Crippen molar-refractivity contribution in [3.05, 3.63) is 12.2 Å². The fourth-order valence-corrected chi connectivity index (χ4v) is 11.3. The molecular formula is C17H35O2Sn. The average Bonchev–Trinajstić information content (AvgIpc) is 2.46. The molecule has 3 heteroatoms. The second kappa shape index (κ2) is 17.1. The maximum atomic E-state index is 10.2. The maximum absolute atomic E-state index is 10.2. The van der Waals surface area contributed by atoms with Crippen LogP contribution in [0.5, 0.6) is 0 Å². The Bertz CT molecular complexity index is 220. The minimum atomic E-state index is -0.839. The summed E-state index contributed by atoms with van der Waals surface area (Å²) in [5.74, 6) is -0.347. The van der Waals surface area contributed by atoms with Crippen LogP contribution >= 0.6 is 0 Å².